The number of carbonyl (C=O) groups is 1. The lowest BCUT2D eigenvalue weighted by molar-refractivity contribution is 0.0948. The highest BCUT2D eigenvalue weighted by Gasteiger charge is 2.14. The van der Waals surface area contributed by atoms with Gasteiger partial charge in [0, 0.05) is 11.1 Å². The predicted molar refractivity (Wildman–Crippen MR) is 112 cm³/mol. The van der Waals surface area contributed by atoms with Crippen molar-refractivity contribution in [2.45, 2.75) is 39.3 Å². The van der Waals surface area contributed by atoms with E-state index in [9.17, 15) is 4.79 Å². The molecular weight excluding hydrogens is 366 g/mol. The van der Waals surface area contributed by atoms with Crippen LogP contribution in [0.5, 0.6) is 11.5 Å². The maximum absolute atomic E-state index is 12.5. The van der Waals surface area contributed by atoms with Crippen LogP contribution in [0.2, 0.25) is 0 Å². The highest BCUT2D eigenvalue weighted by atomic mass is 16.5. The van der Waals surface area contributed by atoms with Gasteiger partial charge in [-0.25, -0.2) is 0 Å². The van der Waals surface area contributed by atoms with Crippen molar-refractivity contribution in [3.8, 4) is 11.5 Å². The second-order valence-corrected chi connectivity index (χ2v) is 7.85. The molecule has 29 heavy (non-hydrogen) atoms. The van der Waals surface area contributed by atoms with Gasteiger partial charge in [0.1, 0.15) is 23.9 Å². The summed E-state index contributed by atoms with van der Waals surface area (Å²) in [6.45, 7) is 7.17. The van der Waals surface area contributed by atoms with E-state index in [1.54, 1.807) is 37.6 Å². The van der Waals surface area contributed by atoms with Gasteiger partial charge in [0.2, 0.25) is 0 Å². The Hall–Kier alpha value is -3.21. The molecule has 152 valence electrons. The molecule has 0 saturated carbocycles. The van der Waals surface area contributed by atoms with Gasteiger partial charge in [-0.1, -0.05) is 32.9 Å². The first-order valence-corrected chi connectivity index (χ1v) is 9.57. The smallest absolute Gasteiger partial charge is 0.251 e. The van der Waals surface area contributed by atoms with E-state index < -0.39 is 0 Å². The minimum absolute atomic E-state index is 0.0963. The molecule has 0 saturated heterocycles. The van der Waals surface area contributed by atoms with Crippen LogP contribution in [0.3, 0.4) is 0 Å². The fraction of sp³-hybridized carbons (Fsp3) is 0.292. The number of furan rings is 1. The number of benzene rings is 2. The summed E-state index contributed by atoms with van der Waals surface area (Å²) in [5, 5.41) is 2.85. The quantitative estimate of drug-likeness (QED) is 0.607. The zero-order chi connectivity index (χ0) is 20.9. The Morgan fingerprint density at radius 1 is 1.07 bits per heavy atom. The van der Waals surface area contributed by atoms with Gasteiger partial charge in [0.05, 0.1) is 19.9 Å². The zero-order valence-corrected chi connectivity index (χ0v) is 17.3. The van der Waals surface area contributed by atoms with Crippen molar-refractivity contribution in [3.05, 3.63) is 83.3 Å². The van der Waals surface area contributed by atoms with E-state index in [0.717, 1.165) is 11.3 Å². The molecule has 1 heterocycles. The molecule has 3 rings (SSSR count). The van der Waals surface area contributed by atoms with Gasteiger partial charge in [0.15, 0.2) is 0 Å². The topological polar surface area (TPSA) is 60.7 Å². The lowest BCUT2D eigenvalue weighted by Gasteiger charge is -2.19. The Labute approximate surface area is 171 Å². The first kappa shape index (κ1) is 20.5. The number of rotatable bonds is 7. The molecule has 3 aromatic rings. The molecule has 2 aromatic carbocycles. The van der Waals surface area contributed by atoms with Crippen LogP contribution in [0.15, 0.2) is 65.3 Å². The maximum atomic E-state index is 12.5. The van der Waals surface area contributed by atoms with Gasteiger partial charge in [-0.15, -0.1) is 0 Å². The van der Waals surface area contributed by atoms with Crippen molar-refractivity contribution < 1.29 is 18.7 Å². The second kappa shape index (κ2) is 8.86. The van der Waals surface area contributed by atoms with Gasteiger partial charge < -0.3 is 19.2 Å². The molecule has 1 amide bonds. The molecule has 0 aliphatic carbocycles. The summed E-state index contributed by atoms with van der Waals surface area (Å²) < 4.78 is 16.6. The molecule has 1 aromatic heterocycles. The number of hydrogen-bond acceptors (Lipinski definition) is 4. The average molecular weight is 393 g/mol. The zero-order valence-electron chi connectivity index (χ0n) is 17.3. The number of ether oxygens (including phenoxy) is 2. The van der Waals surface area contributed by atoms with Crippen molar-refractivity contribution in [3.63, 3.8) is 0 Å². The summed E-state index contributed by atoms with van der Waals surface area (Å²) in [6, 6.07) is 17.0. The van der Waals surface area contributed by atoms with Crippen molar-refractivity contribution in [1.29, 1.82) is 0 Å². The fourth-order valence-corrected chi connectivity index (χ4v) is 2.93. The lowest BCUT2D eigenvalue weighted by atomic mass is 9.87. The molecule has 0 unspecified atom stereocenters. The van der Waals surface area contributed by atoms with E-state index in [-0.39, 0.29) is 11.3 Å². The van der Waals surface area contributed by atoms with Crippen LogP contribution in [0.25, 0.3) is 0 Å². The number of methoxy groups -OCH3 is 1. The number of amides is 1. The van der Waals surface area contributed by atoms with E-state index in [4.69, 9.17) is 13.9 Å². The lowest BCUT2D eigenvalue weighted by Crippen LogP contribution is -2.22. The van der Waals surface area contributed by atoms with Crippen molar-refractivity contribution >= 4 is 5.91 Å². The number of nitrogens with one attached hydrogen (secondary N) is 1. The summed E-state index contributed by atoms with van der Waals surface area (Å²) in [6.07, 6.45) is 1.58. The number of hydrogen-bond donors (Lipinski definition) is 1. The molecule has 0 spiro atoms. The van der Waals surface area contributed by atoms with Crippen LogP contribution in [0, 0.1) is 0 Å². The summed E-state index contributed by atoms with van der Waals surface area (Å²) >= 11 is 0. The highest BCUT2D eigenvalue weighted by Crippen LogP contribution is 2.26. The molecule has 0 radical (unpaired) electrons. The van der Waals surface area contributed by atoms with Gasteiger partial charge in [-0.3, -0.25) is 4.79 Å². The normalized spacial score (nSPS) is 11.2. The Bertz CT molecular complexity index is 938. The second-order valence-electron chi connectivity index (χ2n) is 7.85. The van der Waals surface area contributed by atoms with Crippen LogP contribution < -0.4 is 14.8 Å². The van der Waals surface area contributed by atoms with Crippen molar-refractivity contribution in [1.82, 2.24) is 5.32 Å². The van der Waals surface area contributed by atoms with Crippen LogP contribution >= 0.6 is 0 Å². The van der Waals surface area contributed by atoms with E-state index in [1.807, 2.05) is 18.2 Å². The predicted octanol–water partition coefficient (Wildman–Crippen LogP) is 5.09. The first-order chi connectivity index (χ1) is 13.9. The average Bonchev–Trinajstić information content (AvgIpc) is 3.23. The molecule has 0 atom stereocenters. The molecule has 0 bridgehead atoms. The molecule has 5 nitrogen and oxygen atoms in total. The third kappa shape index (κ3) is 5.41. The van der Waals surface area contributed by atoms with Crippen LogP contribution in [-0.2, 0) is 18.6 Å². The fourth-order valence-electron chi connectivity index (χ4n) is 2.93. The molecular formula is C24H27NO4. The van der Waals surface area contributed by atoms with Crippen molar-refractivity contribution in [2.75, 3.05) is 7.11 Å². The van der Waals surface area contributed by atoms with Gasteiger partial charge in [-0.05, 0) is 53.4 Å². The first-order valence-electron chi connectivity index (χ1n) is 9.57. The Morgan fingerprint density at radius 2 is 1.83 bits per heavy atom. The van der Waals surface area contributed by atoms with Crippen LogP contribution in [0.4, 0.5) is 0 Å². The summed E-state index contributed by atoms with van der Waals surface area (Å²) in [5.74, 6) is 1.97. The van der Waals surface area contributed by atoms with Gasteiger partial charge in [-0.2, -0.15) is 0 Å². The van der Waals surface area contributed by atoms with E-state index in [1.165, 1.54) is 5.56 Å². The van der Waals surface area contributed by atoms with Crippen LogP contribution in [-0.4, -0.2) is 13.0 Å². The third-order valence-corrected chi connectivity index (χ3v) is 4.66. The largest absolute Gasteiger partial charge is 0.496 e. The molecule has 1 N–H and O–H groups in total. The minimum atomic E-state index is -0.181. The monoisotopic (exact) mass is 393 g/mol. The highest BCUT2D eigenvalue weighted by molar-refractivity contribution is 5.94. The van der Waals surface area contributed by atoms with Crippen molar-refractivity contribution in [2.24, 2.45) is 0 Å². The summed E-state index contributed by atoms with van der Waals surface area (Å²) in [5.41, 5.74) is 2.69. The maximum Gasteiger partial charge on any atom is 0.251 e. The molecule has 5 heteroatoms. The molecule has 0 aliphatic heterocycles. The standard InChI is InChI=1S/C24H27NO4/c1-24(2,3)19-8-10-20(11-9-19)29-16-18-14-17(7-12-22(18)27-4)23(26)25-15-21-6-5-13-28-21/h5-14H,15-16H2,1-4H3,(H,25,26). The molecule has 0 aliphatic rings. The van der Waals surface area contributed by atoms with E-state index >= 15 is 0 Å². The summed E-state index contributed by atoms with van der Waals surface area (Å²) in [7, 11) is 1.60. The third-order valence-electron chi connectivity index (χ3n) is 4.66. The van der Waals surface area contributed by atoms with Crippen LogP contribution in [0.1, 0.15) is 48.0 Å². The van der Waals surface area contributed by atoms with Gasteiger partial charge in [0.25, 0.3) is 5.91 Å². The van der Waals surface area contributed by atoms with E-state index in [2.05, 4.69) is 38.2 Å². The molecule has 0 fully saturated rings. The van der Waals surface area contributed by atoms with E-state index in [0.29, 0.717) is 30.2 Å². The minimum Gasteiger partial charge on any atom is -0.496 e. The van der Waals surface area contributed by atoms with Gasteiger partial charge >= 0.3 is 0 Å². The SMILES string of the molecule is COc1ccc(C(=O)NCc2ccco2)cc1COc1ccc(C(C)(C)C)cc1. The summed E-state index contributed by atoms with van der Waals surface area (Å²) in [4.78, 5) is 12.5. The Balaban J connectivity index is 1.67. The Morgan fingerprint density at radius 3 is 2.45 bits per heavy atom. The number of carbonyl (C=O) groups excluding carboxylic acids is 1. The Kier molecular flexibility index (Phi) is 6.27.